The lowest BCUT2D eigenvalue weighted by molar-refractivity contribution is 0.0827. The van der Waals surface area contributed by atoms with Gasteiger partial charge in [0.2, 0.25) is 0 Å². The van der Waals surface area contributed by atoms with E-state index in [1.54, 1.807) is 0 Å². The summed E-state index contributed by atoms with van der Waals surface area (Å²) in [5.41, 5.74) is 0.759. The normalized spacial score (nSPS) is 32.1. The lowest BCUT2D eigenvalue weighted by Crippen LogP contribution is -2.51. The number of hydrogen-bond donors (Lipinski definition) is 1. The Morgan fingerprint density at radius 1 is 1.00 bits per heavy atom. The number of amides is 1. The number of carbonyl (C=O) groups is 1. The number of hydrogen-bond acceptors (Lipinski definition) is 2. The molecule has 3 nitrogen and oxygen atoms in total. The average molecular weight is 349 g/mol. The third kappa shape index (κ3) is 2.76. The lowest BCUT2D eigenvalue weighted by atomic mass is 9.96. The van der Waals surface area contributed by atoms with Crippen molar-refractivity contribution in [2.75, 3.05) is 0 Å². The zero-order valence-corrected chi connectivity index (χ0v) is 13.7. The maximum absolute atomic E-state index is 12.3. The zero-order chi connectivity index (χ0) is 14.4. The van der Waals surface area contributed by atoms with Crippen LogP contribution < -0.4 is 5.32 Å². The second-order valence-corrected chi connectivity index (χ2v) is 7.63. The van der Waals surface area contributed by atoms with Crippen LogP contribution in [0.15, 0.2) is 28.7 Å². The Balaban J connectivity index is 1.40. The minimum atomic E-state index is 0.0757. The van der Waals surface area contributed by atoms with E-state index in [1.807, 2.05) is 24.3 Å². The Morgan fingerprint density at radius 2 is 1.57 bits per heavy atom. The van der Waals surface area contributed by atoms with E-state index in [0.29, 0.717) is 18.1 Å². The van der Waals surface area contributed by atoms with Gasteiger partial charge in [0.15, 0.2) is 0 Å². The molecule has 2 atom stereocenters. The molecule has 2 saturated heterocycles. The highest BCUT2D eigenvalue weighted by Gasteiger charge is 2.47. The van der Waals surface area contributed by atoms with Gasteiger partial charge in [-0.2, -0.15) is 0 Å². The van der Waals surface area contributed by atoms with Crippen molar-refractivity contribution in [3.63, 3.8) is 0 Å². The van der Waals surface area contributed by atoms with Crippen molar-refractivity contribution >= 4 is 21.8 Å². The molecule has 3 aliphatic rings. The third-order valence-electron chi connectivity index (χ3n) is 5.20. The monoisotopic (exact) mass is 348 g/mol. The summed E-state index contributed by atoms with van der Waals surface area (Å²) in [6.07, 6.45) is 7.70. The first-order valence-electron chi connectivity index (χ1n) is 8.04. The fourth-order valence-electron chi connectivity index (χ4n) is 4.17. The van der Waals surface area contributed by atoms with E-state index in [-0.39, 0.29) is 5.91 Å². The molecule has 112 valence electrons. The van der Waals surface area contributed by atoms with Gasteiger partial charge in [-0.1, -0.05) is 15.9 Å². The molecule has 3 fully saturated rings. The van der Waals surface area contributed by atoms with Gasteiger partial charge in [-0.25, -0.2) is 0 Å². The maximum Gasteiger partial charge on any atom is 0.251 e. The van der Waals surface area contributed by atoms with Crippen LogP contribution in [-0.4, -0.2) is 35.0 Å². The minimum Gasteiger partial charge on any atom is -0.349 e. The van der Waals surface area contributed by atoms with Crippen molar-refractivity contribution in [3.05, 3.63) is 34.3 Å². The average Bonchev–Trinajstić information content (AvgIpc) is 3.27. The quantitative estimate of drug-likeness (QED) is 0.908. The van der Waals surface area contributed by atoms with E-state index in [0.717, 1.165) is 28.9 Å². The summed E-state index contributed by atoms with van der Waals surface area (Å²) in [6, 6.07) is 10.3. The Kier molecular flexibility index (Phi) is 3.54. The number of piperidine rings is 1. The van der Waals surface area contributed by atoms with Gasteiger partial charge in [0, 0.05) is 34.2 Å². The Bertz CT molecular complexity index is 526. The van der Waals surface area contributed by atoms with Crippen molar-refractivity contribution in [1.82, 2.24) is 10.2 Å². The predicted octanol–water partition coefficient (Wildman–Crippen LogP) is 3.34. The van der Waals surface area contributed by atoms with E-state index >= 15 is 0 Å². The first-order valence-corrected chi connectivity index (χ1v) is 8.84. The van der Waals surface area contributed by atoms with Gasteiger partial charge in [-0.05, 0) is 62.8 Å². The topological polar surface area (TPSA) is 32.3 Å². The molecule has 1 aromatic carbocycles. The van der Waals surface area contributed by atoms with Gasteiger partial charge >= 0.3 is 0 Å². The van der Waals surface area contributed by atoms with E-state index < -0.39 is 0 Å². The van der Waals surface area contributed by atoms with Crippen LogP contribution in [0.2, 0.25) is 0 Å². The number of nitrogens with zero attached hydrogens (tertiary/aromatic N) is 1. The molecular formula is C17H21BrN2O. The van der Waals surface area contributed by atoms with Crippen molar-refractivity contribution in [3.8, 4) is 0 Å². The first kappa shape index (κ1) is 13.8. The smallest absolute Gasteiger partial charge is 0.251 e. The second-order valence-electron chi connectivity index (χ2n) is 6.71. The van der Waals surface area contributed by atoms with E-state index in [9.17, 15) is 4.79 Å². The Labute approximate surface area is 134 Å². The lowest BCUT2D eigenvalue weighted by Gasteiger charge is -2.39. The van der Waals surface area contributed by atoms with Crippen LogP contribution in [0.3, 0.4) is 0 Å². The molecule has 1 aromatic rings. The number of nitrogens with one attached hydrogen (secondary N) is 1. The maximum atomic E-state index is 12.3. The molecule has 4 heteroatoms. The summed E-state index contributed by atoms with van der Waals surface area (Å²) < 4.78 is 1.01. The van der Waals surface area contributed by atoms with Crippen LogP contribution in [0.25, 0.3) is 0 Å². The van der Waals surface area contributed by atoms with Crippen molar-refractivity contribution in [2.24, 2.45) is 0 Å². The highest BCUT2D eigenvalue weighted by molar-refractivity contribution is 9.10. The molecule has 4 rings (SSSR count). The molecule has 1 aliphatic carbocycles. The predicted molar refractivity (Wildman–Crippen MR) is 86.3 cm³/mol. The molecule has 1 N–H and O–H groups in total. The first-order chi connectivity index (χ1) is 10.2. The van der Waals surface area contributed by atoms with Crippen LogP contribution >= 0.6 is 15.9 Å². The number of rotatable bonds is 3. The van der Waals surface area contributed by atoms with Crippen LogP contribution in [0.4, 0.5) is 0 Å². The molecule has 2 aliphatic heterocycles. The molecule has 0 unspecified atom stereocenters. The summed E-state index contributed by atoms with van der Waals surface area (Å²) in [6.45, 7) is 0. The second kappa shape index (κ2) is 5.40. The van der Waals surface area contributed by atoms with Crippen LogP contribution in [-0.2, 0) is 0 Å². The van der Waals surface area contributed by atoms with Crippen LogP contribution in [0.5, 0.6) is 0 Å². The Hall–Kier alpha value is -0.870. The molecule has 21 heavy (non-hydrogen) atoms. The highest BCUT2D eigenvalue weighted by Crippen LogP contribution is 2.43. The summed E-state index contributed by atoms with van der Waals surface area (Å²) in [5, 5.41) is 3.25. The molecule has 0 aromatic heterocycles. The van der Waals surface area contributed by atoms with Crippen molar-refractivity contribution < 1.29 is 4.79 Å². The summed E-state index contributed by atoms with van der Waals surface area (Å²) in [4.78, 5) is 15.1. The van der Waals surface area contributed by atoms with Crippen LogP contribution in [0, 0.1) is 0 Å². The summed E-state index contributed by atoms with van der Waals surface area (Å²) >= 11 is 3.41. The molecule has 2 bridgehead atoms. The van der Waals surface area contributed by atoms with E-state index in [1.165, 1.54) is 25.7 Å². The minimum absolute atomic E-state index is 0.0757. The standard InChI is InChI=1S/C17H21BrN2O/c18-12-3-1-11(2-4-12)17(21)19-13-9-15-7-8-16(10-13)20(15)14-5-6-14/h1-4,13-16H,5-10H2,(H,19,21)/t15-,16-/m0/s1. The number of halogens is 1. The van der Waals surface area contributed by atoms with E-state index in [4.69, 9.17) is 0 Å². The fraction of sp³-hybridized carbons (Fsp3) is 0.588. The van der Waals surface area contributed by atoms with Gasteiger partial charge in [-0.3, -0.25) is 9.69 Å². The van der Waals surface area contributed by atoms with Gasteiger partial charge in [-0.15, -0.1) is 0 Å². The molecular weight excluding hydrogens is 328 g/mol. The summed E-state index contributed by atoms with van der Waals surface area (Å²) in [5.74, 6) is 0.0757. The molecule has 1 saturated carbocycles. The zero-order valence-electron chi connectivity index (χ0n) is 12.1. The number of benzene rings is 1. The molecule has 2 heterocycles. The van der Waals surface area contributed by atoms with Gasteiger partial charge in [0.25, 0.3) is 5.91 Å². The highest BCUT2D eigenvalue weighted by atomic mass is 79.9. The van der Waals surface area contributed by atoms with Gasteiger partial charge < -0.3 is 5.32 Å². The van der Waals surface area contributed by atoms with Crippen LogP contribution in [0.1, 0.15) is 48.9 Å². The number of fused-ring (bicyclic) bond motifs is 2. The van der Waals surface area contributed by atoms with Gasteiger partial charge in [0.05, 0.1) is 0 Å². The van der Waals surface area contributed by atoms with Gasteiger partial charge in [0.1, 0.15) is 0 Å². The van der Waals surface area contributed by atoms with E-state index in [2.05, 4.69) is 26.1 Å². The van der Waals surface area contributed by atoms with Crippen molar-refractivity contribution in [2.45, 2.75) is 62.7 Å². The fourth-order valence-corrected chi connectivity index (χ4v) is 4.43. The molecule has 0 spiro atoms. The third-order valence-corrected chi connectivity index (χ3v) is 5.73. The summed E-state index contributed by atoms with van der Waals surface area (Å²) in [7, 11) is 0. The largest absolute Gasteiger partial charge is 0.349 e. The SMILES string of the molecule is O=C(NC1C[C@@H]2CC[C@@H](C1)N2C1CC1)c1ccc(Br)cc1. The molecule has 1 amide bonds. The molecule has 0 radical (unpaired) electrons. The number of carbonyl (C=O) groups excluding carboxylic acids is 1. The Morgan fingerprint density at radius 3 is 2.14 bits per heavy atom. The van der Waals surface area contributed by atoms with Crippen molar-refractivity contribution in [1.29, 1.82) is 0 Å².